The molecule has 0 saturated carbocycles. The monoisotopic (exact) mass is 405 g/mol. The van der Waals surface area contributed by atoms with E-state index in [4.69, 9.17) is 9.47 Å². The van der Waals surface area contributed by atoms with E-state index in [9.17, 15) is 9.59 Å². The summed E-state index contributed by atoms with van der Waals surface area (Å²) in [6.07, 6.45) is 2.17. The first-order chi connectivity index (χ1) is 14.6. The molecule has 0 aliphatic rings. The van der Waals surface area contributed by atoms with Gasteiger partial charge in [0.25, 0.3) is 11.8 Å². The SMILES string of the molecule is CNC(=O)c1cc(Oc2cccc(CCNC(=O)c3cccc(OC)c3)c2)ccn1. The van der Waals surface area contributed by atoms with Crippen molar-refractivity contribution in [2.75, 3.05) is 20.7 Å². The third kappa shape index (κ3) is 5.57. The third-order valence-electron chi connectivity index (χ3n) is 4.36. The van der Waals surface area contributed by atoms with Crippen LogP contribution in [0.4, 0.5) is 0 Å². The Hall–Kier alpha value is -3.87. The summed E-state index contributed by atoms with van der Waals surface area (Å²) in [5.74, 6) is 1.37. The van der Waals surface area contributed by atoms with Gasteiger partial charge in [-0.1, -0.05) is 18.2 Å². The van der Waals surface area contributed by atoms with Gasteiger partial charge in [0.2, 0.25) is 0 Å². The van der Waals surface area contributed by atoms with Gasteiger partial charge in [-0.15, -0.1) is 0 Å². The van der Waals surface area contributed by atoms with E-state index in [1.807, 2.05) is 24.3 Å². The molecule has 0 radical (unpaired) electrons. The number of nitrogens with one attached hydrogen (secondary N) is 2. The zero-order valence-electron chi connectivity index (χ0n) is 16.8. The number of rotatable bonds is 8. The van der Waals surface area contributed by atoms with Crippen LogP contribution in [0, 0.1) is 0 Å². The molecular formula is C23H23N3O4. The molecule has 7 heteroatoms. The zero-order chi connectivity index (χ0) is 21.3. The number of nitrogens with zero attached hydrogens (tertiary/aromatic N) is 1. The van der Waals surface area contributed by atoms with Gasteiger partial charge in [0.15, 0.2) is 0 Å². The van der Waals surface area contributed by atoms with Crippen LogP contribution in [0.25, 0.3) is 0 Å². The van der Waals surface area contributed by atoms with Gasteiger partial charge in [-0.3, -0.25) is 14.6 Å². The second-order valence-corrected chi connectivity index (χ2v) is 6.44. The van der Waals surface area contributed by atoms with Crippen molar-refractivity contribution in [3.8, 4) is 17.2 Å². The summed E-state index contributed by atoms with van der Waals surface area (Å²) in [5.41, 5.74) is 1.85. The second kappa shape index (κ2) is 10.1. The molecule has 1 heterocycles. The van der Waals surface area contributed by atoms with E-state index >= 15 is 0 Å². The molecule has 2 N–H and O–H groups in total. The van der Waals surface area contributed by atoms with Gasteiger partial charge in [0.05, 0.1) is 7.11 Å². The van der Waals surface area contributed by atoms with E-state index in [1.54, 1.807) is 50.6 Å². The number of pyridine rings is 1. The lowest BCUT2D eigenvalue weighted by atomic mass is 10.1. The largest absolute Gasteiger partial charge is 0.497 e. The lowest BCUT2D eigenvalue weighted by Gasteiger charge is -2.10. The van der Waals surface area contributed by atoms with Gasteiger partial charge in [-0.2, -0.15) is 0 Å². The van der Waals surface area contributed by atoms with Crippen LogP contribution < -0.4 is 20.1 Å². The van der Waals surface area contributed by atoms with Crippen molar-refractivity contribution in [3.05, 3.63) is 83.7 Å². The molecule has 7 nitrogen and oxygen atoms in total. The Kier molecular flexibility index (Phi) is 7.00. The number of methoxy groups -OCH3 is 1. The number of amides is 2. The highest BCUT2D eigenvalue weighted by Gasteiger charge is 2.08. The number of hydrogen-bond acceptors (Lipinski definition) is 5. The molecule has 3 aromatic rings. The molecule has 0 fully saturated rings. The molecule has 0 atom stereocenters. The highest BCUT2D eigenvalue weighted by Crippen LogP contribution is 2.22. The van der Waals surface area contributed by atoms with Crippen LogP contribution in [0.5, 0.6) is 17.2 Å². The van der Waals surface area contributed by atoms with Crippen molar-refractivity contribution in [3.63, 3.8) is 0 Å². The summed E-state index contributed by atoms with van der Waals surface area (Å²) in [6, 6.07) is 17.9. The minimum absolute atomic E-state index is 0.153. The van der Waals surface area contributed by atoms with E-state index < -0.39 is 0 Å². The molecule has 0 spiro atoms. The first-order valence-corrected chi connectivity index (χ1v) is 9.46. The van der Waals surface area contributed by atoms with Gasteiger partial charge < -0.3 is 20.1 Å². The van der Waals surface area contributed by atoms with Gasteiger partial charge in [0.1, 0.15) is 22.9 Å². The number of ether oxygens (including phenoxy) is 2. The summed E-state index contributed by atoms with van der Waals surface area (Å²) in [7, 11) is 3.12. The van der Waals surface area contributed by atoms with Gasteiger partial charge in [0, 0.05) is 31.4 Å². The topological polar surface area (TPSA) is 89.6 Å². The number of carbonyl (C=O) groups is 2. The molecule has 0 bridgehead atoms. The van der Waals surface area contributed by atoms with Gasteiger partial charge in [-0.25, -0.2) is 0 Å². The van der Waals surface area contributed by atoms with Crippen LogP contribution in [-0.4, -0.2) is 37.5 Å². The summed E-state index contributed by atoms with van der Waals surface area (Å²) in [5, 5.41) is 5.44. The lowest BCUT2D eigenvalue weighted by molar-refractivity contribution is 0.0947. The van der Waals surface area contributed by atoms with E-state index in [2.05, 4.69) is 15.6 Å². The first kappa shape index (κ1) is 20.9. The number of aromatic nitrogens is 1. The Bertz CT molecular complexity index is 1040. The van der Waals surface area contributed by atoms with Crippen LogP contribution in [0.2, 0.25) is 0 Å². The predicted octanol–water partition coefficient (Wildman–Crippen LogP) is 3.21. The minimum Gasteiger partial charge on any atom is -0.497 e. The Balaban J connectivity index is 1.58. The maximum absolute atomic E-state index is 12.3. The van der Waals surface area contributed by atoms with Crippen molar-refractivity contribution >= 4 is 11.8 Å². The Morgan fingerprint density at radius 3 is 2.50 bits per heavy atom. The molecule has 0 saturated heterocycles. The van der Waals surface area contributed by atoms with Crippen LogP contribution in [0.1, 0.15) is 26.4 Å². The van der Waals surface area contributed by atoms with Crippen molar-refractivity contribution in [2.24, 2.45) is 0 Å². The van der Waals surface area contributed by atoms with Gasteiger partial charge >= 0.3 is 0 Å². The quantitative estimate of drug-likeness (QED) is 0.601. The molecule has 2 aromatic carbocycles. The summed E-state index contributed by atoms with van der Waals surface area (Å²) in [6.45, 7) is 0.482. The van der Waals surface area contributed by atoms with Crippen LogP contribution in [0.3, 0.4) is 0 Å². The highest BCUT2D eigenvalue weighted by atomic mass is 16.5. The number of benzene rings is 2. The Morgan fingerprint density at radius 1 is 0.933 bits per heavy atom. The Labute approximate surface area is 175 Å². The predicted molar refractivity (Wildman–Crippen MR) is 113 cm³/mol. The summed E-state index contributed by atoms with van der Waals surface area (Å²) >= 11 is 0. The average molecular weight is 405 g/mol. The van der Waals surface area contributed by atoms with Crippen LogP contribution >= 0.6 is 0 Å². The zero-order valence-corrected chi connectivity index (χ0v) is 16.8. The number of carbonyl (C=O) groups excluding carboxylic acids is 2. The van der Waals surface area contributed by atoms with Crippen LogP contribution in [-0.2, 0) is 6.42 Å². The smallest absolute Gasteiger partial charge is 0.269 e. The fourth-order valence-electron chi connectivity index (χ4n) is 2.81. The molecule has 3 rings (SSSR count). The maximum Gasteiger partial charge on any atom is 0.269 e. The molecule has 0 unspecified atom stereocenters. The normalized spacial score (nSPS) is 10.2. The fraction of sp³-hybridized carbons (Fsp3) is 0.174. The molecule has 0 aliphatic carbocycles. The van der Waals surface area contributed by atoms with E-state index in [-0.39, 0.29) is 17.5 Å². The van der Waals surface area contributed by atoms with Crippen molar-refractivity contribution in [2.45, 2.75) is 6.42 Å². The molecule has 0 aliphatic heterocycles. The minimum atomic E-state index is -0.277. The average Bonchev–Trinajstić information content (AvgIpc) is 2.79. The van der Waals surface area contributed by atoms with Crippen LogP contribution in [0.15, 0.2) is 66.9 Å². The molecule has 30 heavy (non-hydrogen) atoms. The van der Waals surface area contributed by atoms with E-state index in [0.29, 0.717) is 35.8 Å². The second-order valence-electron chi connectivity index (χ2n) is 6.44. The Morgan fingerprint density at radius 2 is 1.70 bits per heavy atom. The maximum atomic E-state index is 12.3. The first-order valence-electron chi connectivity index (χ1n) is 9.46. The van der Waals surface area contributed by atoms with Crippen molar-refractivity contribution in [1.29, 1.82) is 0 Å². The van der Waals surface area contributed by atoms with Gasteiger partial charge in [-0.05, 0) is 48.4 Å². The highest BCUT2D eigenvalue weighted by molar-refractivity contribution is 5.94. The molecular weight excluding hydrogens is 382 g/mol. The molecule has 154 valence electrons. The third-order valence-corrected chi connectivity index (χ3v) is 4.36. The van der Waals surface area contributed by atoms with Crippen molar-refractivity contribution in [1.82, 2.24) is 15.6 Å². The lowest BCUT2D eigenvalue weighted by Crippen LogP contribution is -2.25. The summed E-state index contributed by atoms with van der Waals surface area (Å²) in [4.78, 5) is 28.0. The standard InChI is InChI=1S/C23H23N3O4/c1-24-23(28)21-15-20(10-12-25-21)30-19-8-3-5-16(13-19)9-11-26-22(27)17-6-4-7-18(14-17)29-2/h3-8,10,12-15H,9,11H2,1-2H3,(H,24,28)(H,26,27). The van der Waals surface area contributed by atoms with Crippen molar-refractivity contribution < 1.29 is 19.1 Å². The fourth-order valence-corrected chi connectivity index (χ4v) is 2.81. The van der Waals surface area contributed by atoms with E-state index in [0.717, 1.165) is 5.56 Å². The molecule has 1 aromatic heterocycles. The molecule has 2 amide bonds. The van der Waals surface area contributed by atoms with E-state index in [1.165, 1.54) is 6.20 Å². The summed E-state index contributed by atoms with van der Waals surface area (Å²) < 4.78 is 11.0. The number of hydrogen-bond donors (Lipinski definition) is 2.